The average molecular weight is 403 g/mol. The topological polar surface area (TPSA) is 122 Å². The van der Waals surface area contributed by atoms with E-state index in [1.165, 1.54) is 36.4 Å². The molecule has 0 spiro atoms. The fraction of sp³-hybridized carbons (Fsp3) is 0. The van der Waals surface area contributed by atoms with Crippen molar-refractivity contribution in [3.8, 4) is 5.75 Å². The number of benzene rings is 3. The molecule has 8 heteroatoms. The Hall–Kier alpha value is -4.46. The summed E-state index contributed by atoms with van der Waals surface area (Å²) in [7, 11) is 0. The first-order valence-corrected chi connectivity index (χ1v) is 8.85. The normalized spacial score (nSPS) is 10.9. The molecular formula is C22H17N3O5. The fourth-order valence-electron chi connectivity index (χ4n) is 2.62. The van der Waals surface area contributed by atoms with Gasteiger partial charge in [-0.3, -0.25) is 19.7 Å². The van der Waals surface area contributed by atoms with Crippen LogP contribution in [0.3, 0.4) is 0 Å². The highest BCUT2D eigenvalue weighted by Gasteiger charge is 2.16. The number of hydrogen-bond acceptors (Lipinski definition) is 5. The Bertz CT molecular complexity index is 1130. The van der Waals surface area contributed by atoms with Crippen LogP contribution in [0.4, 0.5) is 11.4 Å². The van der Waals surface area contributed by atoms with Crippen molar-refractivity contribution in [3.05, 3.63) is 106 Å². The number of non-ortho nitro benzene ring substituents is 1. The van der Waals surface area contributed by atoms with Gasteiger partial charge in [-0.15, -0.1) is 0 Å². The third-order valence-corrected chi connectivity index (χ3v) is 4.02. The first kappa shape index (κ1) is 20.3. The number of rotatable bonds is 6. The largest absolute Gasteiger partial charge is 0.508 e. The van der Waals surface area contributed by atoms with Crippen LogP contribution in [0, 0.1) is 10.1 Å². The van der Waals surface area contributed by atoms with Crippen LogP contribution >= 0.6 is 0 Å². The molecule has 0 fully saturated rings. The molecule has 0 aliphatic rings. The predicted octanol–water partition coefficient (Wildman–Crippen LogP) is 3.71. The van der Waals surface area contributed by atoms with Gasteiger partial charge in [-0.05, 0) is 35.9 Å². The number of nitrogens with one attached hydrogen (secondary N) is 2. The molecule has 3 aromatic rings. The van der Waals surface area contributed by atoms with E-state index >= 15 is 0 Å². The third kappa shape index (κ3) is 5.29. The molecule has 2 amide bonds. The summed E-state index contributed by atoms with van der Waals surface area (Å²) < 4.78 is 0. The Morgan fingerprint density at radius 1 is 0.933 bits per heavy atom. The molecule has 30 heavy (non-hydrogen) atoms. The van der Waals surface area contributed by atoms with E-state index in [2.05, 4.69) is 10.6 Å². The summed E-state index contributed by atoms with van der Waals surface area (Å²) in [4.78, 5) is 35.8. The van der Waals surface area contributed by atoms with E-state index in [9.17, 15) is 24.8 Å². The van der Waals surface area contributed by atoms with Crippen LogP contribution in [0.5, 0.6) is 5.75 Å². The number of anilines is 1. The Balaban J connectivity index is 1.93. The highest BCUT2D eigenvalue weighted by molar-refractivity contribution is 6.10. The maximum Gasteiger partial charge on any atom is 0.272 e. The molecule has 0 unspecified atom stereocenters. The van der Waals surface area contributed by atoms with Crippen LogP contribution in [-0.2, 0) is 4.79 Å². The molecule has 150 valence electrons. The van der Waals surface area contributed by atoms with E-state index in [-0.39, 0.29) is 17.1 Å². The molecule has 3 rings (SSSR count). The number of nitro groups is 1. The summed E-state index contributed by atoms with van der Waals surface area (Å²) in [5.74, 6) is -1.21. The lowest BCUT2D eigenvalue weighted by Crippen LogP contribution is -2.30. The maximum absolute atomic E-state index is 12.8. The van der Waals surface area contributed by atoms with Gasteiger partial charge in [0.15, 0.2) is 0 Å². The van der Waals surface area contributed by atoms with E-state index in [0.29, 0.717) is 16.8 Å². The van der Waals surface area contributed by atoms with Crippen molar-refractivity contribution in [2.45, 2.75) is 0 Å². The Morgan fingerprint density at radius 2 is 1.67 bits per heavy atom. The van der Waals surface area contributed by atoms with E-state index in [4.69, 9.17) is 0 Å². The zero-order valence-corrected chi connectivity index (χ0v) is 15.6. The minimum atomic E-state index is -0.656. The van der Waals surface area contributed by atoms with Gasteiger partial charge >= 0.3 is 0 Å². The number of aromatic hydroxyl groups is 1. The molecule has 0 saturated heterocycles. The lowest BCUT2D eigenvalue weighted by Gasteiger charge is -2.11. The van der Waals surface area contributed by atoms with Gasteiger partial charge in [-0.2, -0.15) is 0 Å². The molecule has 0 atom stereocenters. The fourth-order valence-corrected chi connectivity index (χ4v) is 2.62. The molecule has 0 aliphatic carbocycles. The number of hydrogen-bond donors (Lipinski definition) is 3. The minimum absolute atomic E-state index is 0.0367. The van der Waals surface area contributed by atoms with Gasteiger partial charge in [0.1, 0.15) is 11.4 Å². The summed E-state index contributed by atoms with van der Waals surface area (Å²) in [6.45, 7) is 0. The molecule has 8 nitrogen and oxygen atoms in total. The predicted molar refractivity (Wildman–Crippen MR) is 112 cm³/mol. The number of nitrogens with zero attached hydrogens (tertiary/aromatic N) is 1. The highest BCUT2D eigenvalue weighted by atomic mass is 16.6. The van der Waals surface area contributed by atoms with Crippen molar-refractivity contribution in [3.63, 3.8) is 0 Å². The van der Waals surface area contributed by atoms with Gasteiger partial charge in [-0.1, -0.05) is 36.4 Å². The third-order valence-electron chi connectivity index (χ3n) is 4.02. The van der Waals surface area contributed by atoms with Gasteiger partial charge in [-0.25, -0.2) is 0 Å². The first-order chi connectivity index (χ1) is 14.4. The molecule has 3 aromatic carbocycles. The smallest absolute Gasteiger partial charge is 0.272 e. The monoisotopic (exact) mass is 403 g/mol. The number of amides is 2. The van der Waals surface area contributed by atoms with Crippen molar-refractivity contribution in [2.24, 2.45) is 0 Å². The number of carbonyl (C=O) groups is 2. The van der Waals surface area contributed by atoms with Crippen LogP contribution in [0.25, 0.3) is 6.08 Å². The second-order valence-electron chi connectivity index (χ2n) is 6.23. The average Bonchev–Trinajstić information content (AvgIpc) is 2.74. The van der Waals surface area contributed by atoms with Gasteiger partial charge in [0.25, 0.3) is 17.5 Å². The number of nitro benzene ring substituents is 1. The molecule has 0 saturated carbocycles. The summed E-state index contributed by atoms with van der Waals surface area (Å²) in [5, 5.41) is 25.7. The molecule has 0 heterocycles. The summed E-state index contributed by atoms with van der Waals surface area (Å²) in [5.41, 5.74) is 0.753. The summed E-state index contributed by atoms with van der Waals surface area (Å²) in [6, 6.07) is 19.9. The quantitative estimate of drug-likeness (QED) is 0.329. The van der Waals surface area contributed by atoms with Gasteiger partial charge < -0.3 is 15.7 Å². The molecule has 0 bridgehead atoms. The van der Waals surface area contributed by atoms with E-state index < -0.39 is 16.7 Å². The van der Waals surface area contributed by atoms with Gasteiger partial charge in [0.05, 0.1) is 4.92 Å². The Labute approximate surface area is 171 Å². The Kier molecular flexibility index (Phi) is 6.19. The standard InChI is InChI=1S/C22H17N3O5/c26-19-11-5-9-17(14-19)23-22(28)20(24-21(27)16-7-2-1-3-8-16)13-15-6-4-10-18(12-15)25(29)30/h1-14,26H,(H,23,28)(H,24,27)/b20-13+. The Morgan fingerprint density at radius 3 is 2.37 bits per heavy atom. The van der Waals surface area contributed by atoms with E-state index in [1.807, 2.05) is 0 Å². The molecule has 0 aliphatic heterocycles. The van der Waals surface area contributed by atoms with Gasteiger partial charge in [0, 0.05) is 29.4 Å². The molecule has 3 N–H and O–H groups in total. The second-order valence-corrected chi connectivity index (χ2v) is 6.23. The summed E-state index contributed by atoms with van der Waals surface area (Å²) in [6.07, 6.45) is 1.34. The SMILES string of the molecule is O=C(Nc1cccc(O)c1)/C(=C\c1cccc([N+](=O)[O-])c1)NC(=O)c1ccccc1. The zero-order chi connectivity index (χ0) is 21.5. The lowest BCUT2D eigenvalue weighted by molar-refractivity contribution is -0.384. The van der Waals surface area contributed by atoms with Crippen LogP contribution in [0.1, 0.15) is 15.9 Å². The van der Waals surface area contributed by atoms with Crippen molar-refractivity contribution >= 4 is 29.3 Å². The second kappa shape index (κ2) is 9.16. The molecule has 0 radical (unpaired) electrons. The highest BCUT2D eigenvalue weighted by Crippen LogP contribution is 2.18. The number of phenols is 1. The van der Waals surface area contributed by atoms with Crippen LogP contribution in [0.15, 0.2) is 84.6 Å². The lowest BCUT2D eigenvalue weighted by atomic mass is 10.1. The van der Waals surface area contributed by atoms with Crippen LogP contribution in [0.2, 0.25) is 0 Å². The maximum atomic E-state index is 12.8. The minimum Gasteiger partial charge on any atom is -0.508 e. The van der Waals surface area contributed by atoms with E-state index in [0.717, 1.165) is 0 Å². The van der Waals surface area contributed by atoms with Crippen molar-refractivity contribution < 1.29 is 19.6 Å². The number of phenolic OH excluding ortho intramolecular Hbond substituents is 1. The zero-order valence-electron chi connectivity index (χ0n) is 15.6. The van der Waals surface area contributed by atoms with Crippen molar-refractivity contribution in [1.29, 1.82) is 0 Å². The van der Waals surface area contributed by atoms with Crippen molar-refractivity contribution in [1.82, 2.24) is 5.32 Å². The summed E-state index contributed by atoms with van der Waals surface area (Å²) >= 11 is 0. The number of carbonyl (C=O) groups excluding carboxylic acids is 2. The van der Waals surface area contributed by atoms with Gasteiger partial charge in [0.2, 0.25) is 0 Å². The first-order valence-electron chi connectivity index (χ1n) is 8.85. The van der Waals surface area contributed by atoms with Crippen LogP contribution < -0.4 is 10.6 Å². The van der Waals surface area contributed by atoms with Crippen molar-refractivity contribution in [2.75, 3.05) is 5.32 Å². The molecule has 0 aromatic heterocycles. The molecular weight excluding hydrogens is 386 g/mol. The van der Waals surface area contributed by atoms with E-state index in [1.54, 1.807) is 48.5 Å². The van der Waals surface area contributed by atoms with Crippen LogP contribution in [-0.4, -0.2) is 21.8 Å².